The molecule has 1 atom stereocenters. The van der Waals surface area contributed by atoms with Crippen molar-refractivity contribution in [3.05, 3.63) is 29.8 Å². The van der Waals surface area contributed by atoms with Gasteiger partial charge in [0.25, 0.3) is 0 Å². The van der Waals surface area contributed by atoms with E-state index < -0.39 is 11.4 Å². The van der Waals surface area contributed by atoms with Crippen LogP contribution in [0.2, 0.25) is 0 Å². The van der Waals surface area contributed by atoms with Gasteiger partial charge in [-0.3, -0.25) is 0 Å². The Bertz CT molecular complexity index is 346. The van der Waals surface area contributed by atoms with Gasteiger partial charge in [-0.25, -0.2) is 0 Å². The second-order valence-electron chi connectivity index (χ2n) is 5.07. The highest BCUT2D eigenvalue weighted by molar-refractivity contribution is 7.89. The molecule has 2 rings (SSSR count). The molecule has 0 aliphatic heterocycles. The molecule has 1 N–H and O–H groups in total. The highest BCUT2D eigenvalue weighted by Gasteiger charge is 2.16. The third-order valence-corrected chi connectivity index (χ3v) is 4.82. The maximum atomic E-state index is 11.9. The van der Waals surface area contributed by atoms with E-state index in [1.807, 2.05) is 12.1 Å². The zero-order valence-corrected chi connectivity index (χ0v) is 12.0. The van der Waals surface area contributed by atoms with E-state index in [4.69, 9.17) is 0 Å². The maximum absolute atomic E-state index is 11.9. The van der Waals surface area contributed by atoms with Crippen molar-refractivity contribution in [2.24, 2.45) is 0 Å². The lowest BCUT2D eigenvalue weighted by Crippen LogP contribution is -2.24. The van der Waals surface area contributed by atoms with Crippen LogP contribution in [0.25, 0.3) is 0 Å². The molecule has 18 heavy (non-hydrogen) atoms. The second-order valence-corrected chi connectivity index (χ2v) is 6.36. The molecular formula is C15H23NOS. The third kappa shape index (κ3) is 3.74. The minimum absolute atomic E-state index is 0.727. The predicted molar refractivity (Wildman–Crippen MR) is 77.0 cm³/mol. The minimum atomic E-state index is -1.05. The van der Waals surface area contributed by atoms with Gasteiger partial charge >= 0.3 is 0 Å². The van der Waals surface area contributed by atoms with Crippen molar-refractivity contribution in [2.75, 3.05) is 6.54 Å². The van der Waals surface area contributed by atoms with Crippen LogP contribution in [0.1, 0.15) is 56.9 Å². The lowest BCUT2D eigenvalue weighted by molar-refractivity contribution is 0.443. The fraction of sp³-hybridized carbons (Fsp3) is 0.600. The molecule has 1 fully saturated rings. The molecule has 0 radical (unpaired) electrons. The molecule has 3 heteroatoms. The molecule has 1 unspecified atom stereocenters. The summed E-state index contributed by atoms with van der Waals surface area (Å²) in [6, 6.07) is 8.36. The van der Waals surface area contributed by atoms with E-state index in [1.165, 1.54) is 37.7 Å². The molecule has 0 bridgehead atoms. The van der Waals surface area contributed by atoms with Crippen LogP contribution < -0.4 is 4.72 Å². The van der Waals surface area contributed by atoms with E-state index in [1.54, 1.807) is 0 Å². The minimum Gasteiger partial charge on any atom is -0.593 e. The van der Waals surface area contributed by atoms with Crippen LogP contribution in [0.15, 0.2) is 29.2 Å². The van der Waals surface area contributed by atoms with Crippen molar-refractivity contribution >= 4 is 11.4 Å². The summed E-state index contributed by atoms with van der Waals surface area (Å²) in [5.74, 6) is 0.727. The standard InChI is InChI=1S/C15H23NOS/c1-2-12-16-18(17)15-10-8-14(9-11-15)13-6-4-3-5-7-13/h8-11,13,16H,2-7,12H2,1H3. The fourth-order valence-electron chi connectivity index (χ4n) is 2.58. The van der Waals surface area contributed by atoms with Crippen LogP contribution >= 0.6 is 0 Å². The number of nitrogens with one attached hydrogen (secondary N) is 1. The van der Waals surface area contributed by atoms with Crippen LogP contribution in [0, 0.1) is 0 Å². The Balaban J connectivity index is 1.95. The van der Waals surface area contributed by atoms with E-state index in [0.29, 0.717) is 0 Å². The van der Waals surface area contributed by atoms with Gasteiger partial charge in [0.2, 0.25) is 0 Å². The van der Waals surface area contributed by atoms with Gasteiger partial charge in [0.05, 0.1) is 11.4 Å². The van der Waals surface area contributed by atoms with Gasteiger partial charge in [-0.1, -0.05) is 38.3 Å². The van der Waals surface area contributed by atoms with Gasteiger partial charge in [0.1, 0.15) is 0 Å². The average Bonchev–Trinajstić information content (AvgIpc) is 2.46. The summed E-state index contributed by atoms with van der Waals surface area (Å²) in [5.41, 5.74) is 1.42. The van der Waals surface area contributed by atoms with Crippen LogP contribution in [0.5, 0.6) is 0 Å². The summed E-state index contributed by atoms with van der Waals surface area (Å²) in [6.07, 6.45) is 7.74. The Morgan fingerprint density at radius 3 is 2.44 bits per heavy atom. The molecule has 1 aliphatic rings. The third-order valence-electron chi connectivity index (χ3n) is 3.65. The summed E-state index contributed by atoms with van der Waals surface area (Å²) >= 11 is -1.05. The first-order valence-corrected chi connectivity index (χ1v) is 8.21. The van der Waals surface area contributed by atoms with Crippen molar-refractivity contribution < 1.29 is 4.55 Å². The quantitative estimate of drug-likeness (QED) is 0.823. The van der Waals surface area contributed by atoms with Gasteiger partial charge in [-0.15, -0.1) is 4.72 Å². The maximum Gasteiger partial charge on any atom is 0.173 e. The molecule has 100 valence electrons. The van der Waals surface area contributed by atoms with Gasteiger partial charge in [-0.05, 0) is 42.9 Å². The summed E-state index contributed by atoms with van der Waals surface area (Å²) in [5, 5.41) is 0. The molecule has 1 aromatic carbocycles. The lowest BCUT2D eigenvalue weighted by Gasteiger charge is -2.22. The molecule has 0 spiro atoms. The number of rotatable bonds is 5. The molecule has 0 heterocycles. The van der Waals surface area contributed by atoms with Crippen LogP contribution in [0.3, 0.4) is 0 Å². The summed E-state index contributed by atoms with van der Waals surface area (Å²) in [7, 11) is 0. The van der Waals surface area contributed by atoms with Gasteiger partial charge in [-0.2, -0.15) is 0 Å². The van der Waals surface area contributed by atoms with E-state index >= 15 is 0 Å². The fourth-order valence-corrected chi connectivity index (χ4v) is 3.52. The van der Waals surface area contributed by atoms with E-state index in [0.717, 1.165) is 23.8 Å². The Hall–Kier alpha value is -0.510. The van der Waals surface area contributed by atoms with Crippen LogP contribution in [0.4, 0.5) is 0 Å². The molecular weight excluding hydrogens is 242 g/mol. The molecule has 0 saturated heterocycles. The van der Waals surface area contributed by atoms with E-state index in [2.05, 4.69) is 23.8 Å². The normalized spacial score (nSPS) is 18.8. The van der Waals surface area contributed by atoms with Gasteiger partial charge < -0.3 is 4.55 Å². The molecule has 0 aromatic heterocycles. The number of benzene rings is 1. The highest BCUT2D eigenvalue weighted by atomic mass is 32.2. The van der Waals surface area contributed by atoms with Gasteiger partial charge in [0.15, 0.2) is 4.90 Å². The number of hydrogen-bond donors (Lipinski definition) is 1. The SMILES string of the molecule is CCCN[S+]([O-])c1ccc(C2CCCCC2)cc1. The Kier molecular flexibility index (Phi) is 5.54. The Morgan fingerprint density at radius 1 is 1.17 bits per heavy atom. The monoisotopic (exact) mass is 265 g/mol. The summed E-state index contributed by atoms with van der Waals surface area (Å²) in [4.78, 5) is 0.892. The summed E-state index contributed by atoms with van der Waals surface area (Å²) in [6.45, 7) is 2.88. The van der Waals surface area contributed by atoms with Crippen molar-refractivity contribution in [1.29, 1.82) is 0 Å². The highest BCUT2D eigenvalue weighted by Crippen LogP contribution is 2.32. The second kappa shape index (κ2) is 7.17. The topological polar surface area (TPSA) is 35.1 Å². The van der Waals surface area contributed by atoms with Crippen molar-refractivity contribution in [2.45, 2.75) is 56.3 Å². The van der Waals surface area contributed by atoms with E-state index in [9.17, 15) is 4.55 Å². The Morgan fingerprint density at radius 2 is 1.83 bits per heavy atom. The molecule has 2 nitrogen and oxygen atoms in total. The van der Waals surface area contributed by atoms with Gasteiger partial charge in [0, 0.05) is 6.54 Å². The molecule has 0 amide bonds. The Labute approximate surface area is 113 Å². The smallest absolute Gasteiger partial charge is 0.173 e. The first-order valence-electron chi connectivity index (χ1n) is 7.06. The van der Waals surface area contributed by atoms with E-state index in [-0.39, 0.29) is 0 Å². The average molecular weight is 265 g/mol. The predicted octanol–water partition coefficient (Wildman–Crippen LogP) is 3.76. The molecule has 1 aliphatic carbocycles. The zero-order valence-electron chi connectivity index (χ0n) is 11.2. The van der Waals surface area contributed by atoms with Crippen LogP contribution in [-0.2, 0) is 11.4 Å². The molecule has 1 saturated carbocycles. The van der Waals surface area contributed by atoms with Crippen LogP contribution in [-0.4, -0.2) is 11.1 Å². The van der Waals surface area contributed by atoms with Crippen molar-refractivity contribution in [3.63, 3.8) is 0 Å². The largest absolute Gasteiger partial charge is 0.593 e. The van der Waals surface area contributed by atoms with Crippen molar-refractivity contribution in [1.82, 2.24) is 4.72 Å². The molecule has 1 aromatic rings. The zero-order chi connectivity index (χ0) is 12.8. The summed E-state index contributed by atoms with van der Waals surface area (Å²) < 4.78 is 14.9. The van der Waals surface area contributed by atoms with Crippen molar-refractivity contribution in [3.8, 4) is 0 Å². The number of hydrogen-bond acceptors (Lipinski definition) is 2. The first-order chi connectivity index (χ1) is 8.81. The lowest BCUT2D eigenvalue weighted by atomic mass is 9.84. The first kappa shape index (κ1) is 13.9.